The molecule has 2 N–H and O–H groups in total. The van der Waals surface area contributed by atoms with E-state index in [-0.39, 0.29) is 11.3 Å². The highest BCUT2D eigenvalue weighted by atomic mass is 16.5. The van der Waals surface area contributed by atoms with Gasteiger partial charge in [0.1, 0.15) is 11.5 Å². The van der Waals surface area contributed by atoms with Crippen molar-refractivity contribution in [2.75, 3.05) is 20.8 Å². The van der Waals surface area contributed by atoms with E-state index in [4.69, 9.17) is 14.2 Å². The Bertz CT molecular complexity index is 794. The molecule has 0 fully saturated rings. The van der Waals surface area contributed by atoms with Gasteiger partial charge in [-0.25, -0.2) is 4.79 Å². The van der Waals surface area contributed by atoms with Crippen molar-refractivity contribution in [3.05, 3.63) is 47.5 Å². The van der Waals surface area contributed by atoms with Gasteiger partial charge in [-0.3, -0.25) is 0 Å². The summed E-state index contributed by atoms with van der Waals surface area (Å²) in [7, 11) is 2.97. The number of aliphatic carboxylic acids is 1. The normalized spacial score (nSPS) is 11.1. The average molecular weight is 344 g/mol. The minimum absolute atomic E-state index is 0.00478. The predicted molar refractivity (Wildman–Crippen MR) is 94.3 cm³/mol. The fourth-order valence-electron chi connectivity index (χ4n) is 2.34. The van der Waals surface area contributed by atoms with Gasteiger partial charge in [-0.1, -0.05) is 6.07 Å². The number of ether oxygens (including phenoxy) is 3. The van der Waals surface area contributed by atoms with Crippen molar-refractivity contribution in [3.8, 4) is 23.0 Å². The third-order valence-electron chi connectivity index (χ3n) is 3.52. The van der Waals surface area contributed by atoms with E-state index in [1.54, 1.807) is 37.3 Å². The first-order valence-corrected chi connectivity index (χ1v) is 7.63. The van der Waals surface area contributed by atoms with E-state index in [2.05, 4.69) is 0 Å². The summed E-state index contributed by atoms with van der Waals surface area (Å²) in [6.45, 7) is 2.18. The van der Waals surface area contributed by atoms with Gasteiger partial charge in [0.2, 0.25) is 0 Å². The molecule has 0 saturated carbocycles. The fraction of sp³-hybridized carbons (Fsp3) is 0.211. The third-order valence-corrected chi connectivity index (χ3v) is 3.52. The van der Waals surface area contributed by atoms with Crippen LogP contribution in [0.2, 0.25) is 0 Å². The number of carbonyl (C=O) groups is 1. The molecule has 25 heavy (non-hydrogen) atoms. The van der Waals surface area contributed by atoms with E-state index in [9.17, 15) is 15.0 Å². The molecule has 2 rings (SSSR count). The molecule has 0 unspecified atom stereocenters. The van der Waals surface area contributed by atoms with Crippen molar-refractivity contribution in [2.45, 2.75) is 6.92 Å². The Labute approximate surface area is 145 Å². The van der Waals surface area contributed by atoms with Gasteiger partial charge in [0.05, 0.1) is 26.4 Å². The number of methoxy groups -OCH3 is 2. The summed E-state index contributed by atoms with van der Waals surface area (Å²) in [5, 5.41) is 19.4. The largest absolute Gasteiger partial charge is 0.504 e. The third kappa shape index (κ3) is 4.23. The standard InChI is InChI=1S/C19H20O6/c1-4-25-18-10-12(5-7-16(18)20)9-15(19(21)22)14-11-13(23-2)6-8-17(14)24-3/h5-11,20H,4H2,1-3H3,(H,21,22)/b15-9-. The molecule has 0 atom stereocenters. The summed E-state index contributed by atoms with van der Waals surface area (Å²) < 4.78 is 15.8. The average Bonchev–Trinajstić information content (AvgIpc) is 2.61. The van der Waals surface area contributed by atoms with Crippen LogP contribution in [0.3, 0.4) is 0 Å². The number of phenols is 1. The van der Waals surface area contributed by atoms with Crippen molar-refractivity contribution in [1.82, 2.24) is 0 Å². The molecule has 132 valence electrons. The monoisotopic (exact) mass is 344 g/mol. The number of benzene rings is 2. The lowest BCUT2D eigenvalue weighted by atomic mass is 10.0. The summed E-state index contributed by atoms with van der Waals surface area (Å²) in [4.78, 5) is 11.8. The van der Waals surface area contributed by atoms with Crippen LogP contribution in [-0.4, -0.2) is 37.0 Å². The van der Waals surface area contributed by atoms with Crippen LogP contribution in [0.4, 0.5) is 0 Å². The molecule has 0 aliphatic heterocycles. The Hall–Kier alpha value is -3.15. The maximum atomic E-state index is 11.8. The Kier molecular flexibility index (Phi) is 5.89. The number of hydrogen-bond donors (Lipinski definition) is 2. The van der Waals surface area contributed by atoms with Crippen LogP contribution in [-0.2, 0) is 4.79 Å². The number of rotatable bonds is 7. The number of hydrogen-bond acceptors (Lipinski definition) is 5. The van der Waals surface area contributed by atoms with Gasteiger partial charge >= 0.3 is 5.97 Å². The molecule has 0 heterocycles. The van der Waals surface area contributed by atoms with Gasteiger partial charge in [0.15, 0.2) is 11.5 Å². The Morgan fingerprint density at radius 3 is 2.44 bits per heavy atom. The van der Waals surface area contributed by atoms with E-state index in [1.807, 2.05) is 0 Å². The molecule has 0 saturated heterocycles. The highest BCUT2D eigenvalue weighted by molar-refractivity contribution is 6.21. The number of phenolic OH excluding ortho intramolecular Hbond substituents is 1. The lowest BCUT2D eigenvalue weighted by molar-refractivity contribution is -0.130. The van der Waals surface area contributed by atoms with Gasteiger partial charge in [0.25, 0.3) is 0 Å². The van der Waals surface area contributed by atoms with Crippen LogP contribution in [0.25, 0.3) is 11.6 Å². The SMILES string of the molecule is CCOc1cc(/C=C(\C(=O)O)c2cc(OC)ccc2OC)ccc1O. The van der Waals surface area contributed by atoms with Crippen molar-refractivity contribution >= 4 is 17.6 Å². The molecule has 6 heteroatoms. The minimum atomic E-state index is -1.11. The lowest BCUT2D eigenvalue weighted by Crippen LogP contribution is -2.02. The summed E-state index contributed by atoms with van der Waals surface area (Å²) in [5.41, 5.74) is 0.993. The summed E-state index contributed by atoms with van der Waals surface area (Å²) in [6.07, 6.45) is 1.49. The van der Waals surface area contributed by atoms with E-state index in [0.29, 0.717) is 35.0 Å². The molecule has 0 spiro atoms. The van der Waals surface area contributed by atoms with Gasteiger partial charge < -0.3 is 24.4 Å². The molecule has 6 nitrogen and oxygen atoms in total. The molecule has 0 radical (unpaired) electrons. The summed E-state index contributed by atoms with van der Waals surface area (Å²) >= 11 is 0. The quantitative estimate of drug-likeness (QED) is 0.591. The number of carboxylic acids is 1. The van der Waals surface area contributed by atoms with Crippen molar-refractivity contribution < 1.29 is 29.2 Å². The van der Waals surface area contributed by atoms with E-state index < -0.39 is 5.97 Å². The maximum absolute atomic E-state index is 11.8. The van der Waals surface area contributed by atoms with Crippen LogP contribution in [0.15, 0.2) is 36.4 Å². The Morgan fingerprint density at radius 2 is 1.84 bits per heavy atom. The van der Waals surface area contributed by atoms with Crippen LogP contribution in [0.1, 0.15) is 18.1 Å². The van der Waals surface area contributed by atoms with E-state index in [1.165, 1.54) is 26.4 Å². The Balaban J connectivity index is 2.57. The summed E-state index contributed by atoms with van der Waals surface area (Å²) in [6, 6.07) is 9.58. The van der Waals surface area contributed by atoms with E-state index >= 15 is 0 Å². The lowest BCUT2D eigenvalue weighted by Gasteiger charge is -2.12. The van der Waals surface area contributed by atoms with Crippen LogP contribution >= 0.6 is 0 Å². The zero-order valence-electron chi connectivity index (χ0n) is 14.3. The van der Waals surface area contributed by atoms with Crippen LogP contribution < -0.4 is 14.2 Å². The van der Waals surface area contributed by atoms with Gasteiger partial charge in [-0.05, 0) is 48.9 Å². The molecule has 0 bridgehead atoms. The second-order valence-electron chi connectivity index (χ2n) is 5.09. The molecule has 0 aliphatic rings. The van der Waals surface area contributed by atoms with Crippen molar-refractivity contribution in [3.63, 3.8) is 0 Å². The maximum Gasteiger partial charge on any atom is 0.336 e. The first kappa shape index (κ1) is 18.2. The van der Waals surface area contributed by atoms with Crippen molar-refractivity contribution in [1.29, 1.82) is 0 Å². The number of carboxylic acid groups (broad SMARTS) is 1. The first-order valence-electron chi connectivity index (χ1n) is 7.63. The molecule has 0 amide bonds. The topological polar surface area (TPSA) is 85.2 Å². The van der Waals surface area contributed by atoms with Gasteiger partial charge in [-0.15, -0.1) is 0 Å². The molecule has 2 aromatic rings. The van der Waals surface area contributed by atoms with E-state index in [0.717, 1.165) is 0 Å². The molecule has 2 aromatic carbocycles. The second-order valence-corrected chi connectivity index (χ2v) is 5.09. The highest BCUT2D eigenvalue weighted by Gasteiger charge is 2.17. The zero-order chi connectivity index (χ0) is 18.4. The zero-order valence-corrected chi connectivity index (χ0v) is 14.3. The minimum Gasteiger partial charge on any atom is -0.504 e. The molecular weight excluding hydrogens is 324 g/mol. The van der Waals surface area contributed by atoms with Gasteiger partial charge in [0, 0.05) is 5.56 Å². The number of aromatic hydroxyl groups is 1. The van der Waals surface area contributed by atoms with Gasteiger partial charge in [-0.2, -0.15) is 0 Å². The molecular formula is C19H20O6. The fourth-order valence-corrected chi connectivity index (χ4v) is 2.34. The van der Waals surface area contributed by atoms with Crippen LogP contribution in [0, 0.1) is 0 Å². The molecule has 0 aliphatic carbocycles. The highest BCUT2D eigenvalue weighted by Crippen LogP contribution is 2.33. The second kappa shape index (κ2) is 8.10. The predicted octanol–water partition coefficient (Wildman–Crippen LogP) is 3.43. The smallest absolute Gasteiger partial charge is 0.336 e. The first-order chi connectivity index (χ1) is 12.0. The van der Waals surface area contributed by atoms with Crippen LogP contribution in [0.5, 0.6) is 23.0 Å². The van der Waals surface area contributed by atoms with Crippen molar-refractivity contribution in [2.24, 2.45) is 0 Å². The summed E-state index contributed by atoms with van der Waals surface area (Å²) in [5.74, 6) is 0.105. The molecule has 0 aromatic heterocycles. The Morgan fingerprint density at radius 1 is 1.08 bits per heavy atom.